The highest BCUT2D eigenvalue weighted by molar-refractivity contribution is 8.16. The van der Waals surface area contributed by atoms with Gasteiger partial charge in [0.2, 0.25) is 5.91 Å². The van der Waals surface area contributed by atoms with Crippen LogP contribution in [-0.2, 0) is 11.8 Å². The van der Waals surface area contributed by atoms with Gasteiger partial charge in [-0.15, -0.1) is 23.5 Å². The van der Waals surface area contributed by atoms with Gasteiger partial charge in [0.1, 0.15) is 0 Å². The number of benzene rings is 1. The summed E-state index contributed by atoms with van der Waals surface area (Å²) < 4.78 is 2.40. The molecule has 4 nitrogen and oxygen atoms in total. The number of amides is 1. The Balaban J connectivity index is 1.56. The van der Waals surface area contributed by atoms with Crippen LogP contribution in [0.5, 0.6) is 0 Å². The van der Waals surface area contributed by atoms with Crippen molar-refractivity contribution in [2.24, 2.45) is 7.05 Å². The van der Waals surface area contributed by atoms with Crippen LogP contribution in [0.1, 0.15) is 16.6 Å². The summed E-state index contributed by atoms with van der Waals surface area (Å²) in [7, 11) is 1.93. The van der Waals surface area contributed by atoms with E-state index in [2.05, 4.69) is 22.4 Å². The van der Waals surface area contributed by atoms with Gasteiger partial charge in [-0.2, -0.15) is 0 Å². The Morgan fingerprint density at radius 1 is 1.43 bits per heavy atom. The molecule has 1 aliphatic rings. The van der Waals surface area contributed by atoms with Crippen molar-refractivity contribution in [3.8, 4) is 0 Å². The van der Waals surface area contributed by atoms with Crippen molar-refractivity contribution in [3.63, 3.8) is 0 Å². The van der Waals surface area contributed by atoms with E-state index in [1.165, 1.54) is 35.3 Å². The maximum atomic E-state index is 12.1. The lowest BCUT2D eigenvalue weighted by atomic mass is 10.2. The Morgan fingerprint density at radius 3 is 3.00 bits per heavy atom. The van der Waals surface area contributed by atoms with Gasteiger partial charge in [-0.05, 0) is 35.6 Å². The molecule has 0 bridgehead atoms. The topological polar surface area (TPSA) is 46.9 Å². The number of carbonyl (C=O) groups excluding carboxylic acids is 1. The average molecular weight is 366 g/mol. The van der Waals surface area contributed by atoms with Crippen molar-refractivity contribution in [2.45, 2.75) is 16.2 Å². The number of aromatic nitrogens is 2. The Morgan fingerprint density at radius 2 is 2.26 bits per heavy atom. The van der Waals surface area contributed by atoms with Crippen molar-refractivity contribution in [2.75, 3.05) is 22.6 Å². The zero-order valence-corrected chi connectivity index (χ0v) is 15.3. The molecule has 1 aromatic heterocycles. The molecule has 3 rings (SSSR count). The molecule has 122 valence electrons. The Labute approximate surface area is 149 Å². The predicted octanol–water partition coefficient (Wildman–Crippen LogP) is 4.02. The first-order valence-electron chi connectivity index (χ1n) is 7.45. The summed E-state index contributed by atoms with van der Waals surface area (Å²) in [4.78, 5) is 16.3. The molecule has 7 heteroatoms. The first kappa shape index (κ1) is 16.8. The summed E-state index contributed by atoms with van der Waals surface area (Å²) in [5.41, 5.74) is 2.16. The third-order valence-corrected chi connectivity index (χ3v) is 7.45. The lowest BCUT2D eigenvalue weighted by molar-refractivity contribution is -0.113. The molecular weight excluding hydrogens is 346 g/mol. The number of rotatable bonds is 5. The van der Waals surface area contributed by atoms with Gasteiger partial charge in [-0.25, -0.2) is 4.98 Å². The maximum absolute atomic E-state index is 12.1. The normalized spacial score (nSPS) is 15.5. The van der Waals surface area contributed by atoms with Crippen molar-refractivity contribution >= 4 is 46.9 Å². The lowest BCUT2D eigenvalue weighted by Crippen LogP contribution is -2.14. The number of nitrogens with zero attached hydrogens (tertiary/aromatic N) is 2. The number of nitrogens with one attached hydrogen (secondary N) is 1. The Bertz CT molecular complexity index is 668. The zero-order valence-electron chi connectivity index (χ0n) is 12.9. The van der Waals surface area contributed by atoms with Gasteiger partial charge in [0.05, 0.1) is 10.3 Å². The second-order valence-corrected chi connectivity index (χ2v) is 8.88. The zero-order chi connectivity index (χ0) is 16.1. The van der Waals surface area contributed by atoms with Crippen LogP contribution in [0, 0.1) is 0 Å². The summed E-state index contributed by atoms with van der Waals surface area (Å²) in [5.74, 6) is 2.80. The largest absolute Gasteiger partial charge is 0.329 e. The molecule has 0 unspecified atom stereocenters. The van der Waals surface area contributed by atoms with E-state index >= 15 is 0 Å². The fourth-order valence-corrected chi connectivity index (χ4v) is 5.87. The molecular formula is C16H19N3OS3. The molecule has 0 spiro atoms. The molecule has 0 atom stereocenters. The number of hydrogen-bond acceptors (Lipinski definition) is 5. The number of carbonyl (C=O) groups is 1. The number of hydrogen-bond donors (Lipinski definition) is 1. The van der Waals surface area contributed by atoms with Crippen molar-refractivity contribution in [1.29, 1.82) is 0 Å². The molecule has 0 radical (unpaired) electrons. The van der Waals surface area contributed by atoms with Crippen LogP contribution in [-0.4, -0.2) is 32.7 Å². The van der Waals surface area contributed by atoms with Gasteiger partial charge in [0.25, 0.3) is 0 Å². The first-order valence-corrected chi connectivity index (χ1v) is 10.5. The molecule has 2 heterocycles. The molecule has 2 aromatic rings. The van der Waals surface area contributed by atoms with Gasteiger partial charge in [-0.3, -0.25) is 4.79 Å². The van der Waals surface area contributed by atoms with Crippen molar-refractivity contribution in [3.05, 3.63) is 42.2 Å². The van der Waals surface area contributed by atoms with E-state index in [1.54, 1.807) is 6.20 Å². The molecule has 23 heavy (non-hydrogen) atoms. The van der Waals surface area contributed by atoms with E-state index in [1.807, 2.05) is 53.5 Å². The second kappa shape index (κ2) is 8.17. The van der Waals surface area contributed by atoms with Gasteiger partial charge in [0.15, 0.2) is 5.16 Å². The van der Waals surface area contributed by atoms with Crippen LogP contribution >= 0.6 is 35.3 Å². The van der Waals surface area contributed by atoms with E-state index in [4.69, 9.17) is 0 Å². The van der Waals surface area contributed by atoms with E-state index in [-0.39, 0.29) is 5.91 Å². The van der Waals surface area contributed by atoms with E-state index in [9.17, 15) is 4.79 Å². The number of thioether (sulfide) groups is 3. The molecule has 1 saturated heterocycles. The summed E-state index contributed by atoms with van der Waals surface area (Å²) >= 11 is 5.42. The van der Waals surface area contributed by atoms with Crippen LogP contribution in [0.15, 0.2) is 41.8 Å². The van der Waals surface area contributed by atoms with E-state index in [0.29, 0.717) is 10.3 Å². The molecule has 1 aromatic carbocycles. The molecule has 1 N–H and O–H groups in total. The van der Waals surface area contributed by atoms with Crippen LogP contribution < -0.4 is 5.32 Å². The fourth-order valence-electron chi connectivity index (χ4n) is 2.26. The Kier molecular flexibility index (Phi) is 5.96. The van der Waals surface area contributed by atoms with Crippen molar-refractivity contribution in [1.82, 2.24) is 9.55 Å². The quantitative estimate of drug-likeness (QED) is 0.811. The minimum absolute atomic E-state index is 0.000833. The van der Waals surface area contributed by atoms with Gasteiger partial charge in [-0.1, -0.05) is 23.9 Å². The summed E-state index contributed by atoms with van der Waals surface area (Å²) in [6.07, 6.45) is 4.90. The van der Waals surface area contributed by atoms with Crippen LogP contribution in [0.2, 0.25) is 0 Å². The van der Waals surface area contributed by atoms with Crippen LogP contribution in [0.25, 0.3) is 0 Å². The first-order chi connectivity index (χ1) is 11.2. The Hall–Kier alpha value is -1.05. The number of aryl methyl sites for hydroxylation is 1. The monoisotopic (exact) mass is 365 g/mol. The van der Waals surface area contributed by atoms with Gasteiger partial charge < -0.3 is 9.88 Å². The molecule has 1 fully saturated rings. The van der Waals surface area contributed by atoms with Gasteiger partial charge in [0, 0.05) is 25.1 Å². The van der Waals surface area contributed by atoms with E-state index in [0.717, 1.165) is 10.8 Å². The number of imidazole rings is 1. The standard InChI is InChI=1S/C16H19N3OS3/c1-19-7-6-17-16(19)23-11-14(20)18-13-5-2-4-12(10-13)15-21-8-3-9-22-15/h2,4-7,10,15H,3,8-9,11H2,1H3,(H,18,20). The van der Waals surface area contributed by atoms with Crippen LogP contribution in [0.4, 0.5) is 5.69 Å². The molecule has 1 amide bonds. The fraction of sp³-hybridized carbons (Fsp3) is 0.375. The predicted molar refractivity (Wildman–Crippen MR) is 101 cm³/mol. The highest BCUT2D eigenvalue weighted by atomic mass is 32.2. The highest BCUT2D eigenvalue weighted by Crippen LogP contribution is 2.44. The molecule has 1 aliphatic heterocycles. The van der Waals surface area contributed by atoms with Crippen molar-refractivity contribution < 1.29 is 4.79 Å². The second-order valence-electron chi connectivity index (χ2n) is 5.21. The lowest BCUT2D eigenvalue weighted by Gasteiger charge is -2.21. The minimum atomic E-state index is -0.000833. The summed E-state index contributed by atoms with van der Waals surface area (Å²) in [6.45, 7) is 0. The maximum Gasteiger partial charge on any atom is 0.234 e. The molecule has 0 aliphatic carbocycles. The average Bonchev–Trinajstić information content (AvgIpc) is 2.99. The summed E-state index contributed by atoms with van der Waals surface area (Å²) in [6, 6.07) is 8.21. The minimum Gasteiger partial charge on any atom is -0.329 e. The highest BCUT2D eigenvalue weighted by Gasteiger charge is 2.17. The smallest absolute Gasteiger partial charge is 0.234 e. The summed E-state index contributed by atoms with van der Waals surface area (Å²) in [5, 5.41) is 3.84. The van der Waals surface area contributed by atoms with Gasteiger partial charge >= 0.3 is 0 Å². The third-order valence-electron chi connectivity index (χ3n) is 3.38. The third kappa shape index (κ3) is 4.71. The van der Waals surface area contributed by atoms with Crippen LogP contribution in [0.3, 0.4) is 0 Å². The SMILES string of the molecule is Cn1ccnc1SCC(=O)Nc1cccc(C2SCCCS2)c1. The number of anilines is 1. The van der Waals surface area contributed by atoms with E-state index < -0.39 is 0 Å². The molecule has 0 saturated carbocycles.